The van der Waals surface area contributed by atoms with E-state index >= 15 is 0 Å². The van der Waals surface area contributed by atoms with Gasteiger partial charge in [-0.15, -0.1) is 0 Å². The zero-order chi connectivity index (χ0) is 15.3. The van der Waals surface area contributed by atoms with Crippen LogP contribution in [-0.2, 0) is 9.53 Å². The third-order valence-electron chi connectivity index (χ3n) is 2.85. The molecule has 0 aromatic carbocycles. The Hall–Kier alpha value is -2.18. The molecule has 1 aromatic rings. The van der Waals surface area contributed by atoms with Crippen molar-refractivity contribution in [1.29, 1.82) is 0 Å². The SMILES string of the molecule is COC(=O)c1nc(C)cc(NCC(C(=O)O)C(C)C)n1. The summed E-state index contributed by atoms with van der Waals surface area (Å²) in [6.45, 7) is 5.62. The second kappa shape index (κ2) is 6.83. The zero-order valence-electron chi connectivity index (χ0n) is 12.0. The number of carbonyl (C=O) groups is 2. The number of hydrogen-bond donors (Lipinski definition) is 2. The van der Waals surface area contributed by atoms with Gasteiger partial charge in [0.05, 0.1) is 13.0 Å². The lowest BCUT2D eigenvalue weighted by Gasteiger charge is -2.17. The number of nitrogens with zero attached hydrogens (tertiary/aromatic N) is 2. The van der Waals surface area contributed by atoms with E-state index in [-0.39, 0.29) is 18.3 Å². The van der Waals surface area contributed by atoms with Crippen LogP contribution < -0.4 is 5.32 Å². The molecule has 0 aliphatic rings. The minimum absolute atomic E-state index is 0.0111. The summed E-state index contributed by atoms with van der Waals surface area (Å²) in [5, 5.41) is 12.0. The lowest BCUT2D eigenvalue weighted by molar-refractivity contribution is -0.142. The first-order chi connectivity index (χ1) is 9.35. The fraction of sp³-hybridized carbons (Fsp3) is 0.538. The summed E-state index contributed by atoms with van der Waals surface area (Å²) < 4.78 is 4.56. The summed E-state index contributed by atoms with van der Waals surface area (Å²) in [6.07, 6.45) is 0. The Morgan fingerprint density at radius 3 is 2.55 bits per heavy atom. The molecule has 1 aromatic heterocycles. The van der Waals surface area contributed by atoms with Gasteiger partial charge in [-0.05, 0) is 12.8 Å². The summed E-state index contributed by atoms with van der Waals surface area (Å²) in [7, 11) is 1.25. The normalized spacial score (nSPS) is 12.1. The van der Waals surface area contributed by atoms with Gasteiger partial charge in [0, 0.05) is 18.3 Å². The average Bonchev–Trinajstić information content (AvgIpc) is 2.36. The van der Waals surface area contributed by atoms with Gasteiger partial charge in [0.2, 0.25) is 5.82 Å². The topological polar surface area (TPSA) is 101 Å². The molecule has 0 radical (unpaired) electrons. The van der Waals surface area contributed by atoms with Gasteiger partial charge in [-0.25, -0.2) is 14.8 Å². The Bertz CT molecular complexity index is 502. The van der Waals surface area contributed by atoms with Crippen LogP contribution in [0.2, 0.25) is 0 Å². The number of rotatable bonds is 6. The maximum atomic E-state index is 11.4. The molecule has 1 rings (SSSR count). The average molecular weight is 281 g/mol. The molecular formula is C13H19N3O4. The number of hydrogen-bond acceptors (Lipinski definition) is 6. The van der Waals surface area contributed by atoms with Gasteiger partial charge in [0.15, 0.2) is 0 Å². The second-order valence-corrected chi connectivity index (χ2v) is 4.78. The summed E-state index contributed by atoms with van der Waals surface area (Å²) in [6, 6.07) is 1.64. The lowest BCUT2D eigenvalue weighted by Crippen LogP contribution is -2.28. The number of nitrogens with one attached hydrogen (secondary N) is 1. The van der Waals surface area contributed by atoms with Crippen LogP contribution in [0, 0.1) is 18.8 Å². The largest absolute Gasteiger partial charge is 0.481 e. The third kappa shape index (κ3) is 4.18. The molecule has 1 unspecified atom stereocenters. The van der Waals surface area contributed by atoms with E-state index in [0.717, 1.165) is 0 Å². The van der Waals surface area contributed by atoms with Crippen molar-refractivity contribution < 1.29 is 19.4 Å². The van der Waals surface area contributed by atoms with Crippen LogP contribution in [0.3, 0.4) is 0 Å². The van der Waals surface area contributed by atoms with Crippen molar-refractivity contribution in [3.63, 3.8) is 0 Å². The first-order valence-corrected chi connectivity index (χ1v) is 6.25. The van der Waals surface area contributed by atoms with Crippen molar-refractivity contribution >= 4 is 17.8 Å². The minimum atomic E-state index is -0.869. The summed E-state index contributed by atoms with van der Waals surface area (Å²) >= 11 is 0. The molecule has 7 heteroatoms. The highest BCUT2D eigenvalue weighted by atomic mass is 16.5. The Balaban J connectivity index is 2.85. The van der Waals surface area contributed by atoms with Crippen molar-refractivity contribution in [2.45, 2.75) is 20.8 Å². The Morgan fingerprint density at radius 2 is 2.05 bits per heavy atom. The molecule has 0 saturated carbocycles. The van der Waals surface area contributed by atoms with E-state index in [0.29, 0.717) is 11.5 Å². The Labute approximate surface area is 117 Å². The molecule has 0 spiro atoms. The number of anilines is 1. The van der Waals surface area contributed by atoms with E-state index in [1.54, 1.807) is 13.0 Å². The number of aryl methyl sites for hydroxylation is 1. The number of carboxylic acid groups (broad SMARTS) is 1. The van der Waals surface area contributed by atoms with Crippen LogP contribution in [0.5, 0.6) is 0 Å². The lowest BCUT2D eigenvalue weighted by atomic mass is 9.96. The Kier molecular flexibility index (Phi) is 5.42. The van der Waals surface area contributed by atoms with E-state index in [2.05, 4.69) is 20.0 Å². The molecule has 0 bridgehead atoms. The van der Waals surface area contributed by atoms with Crippen LogP contribution in [0.15, 0.2) is 6.07 Å². The maximum absolute atomic E-state index is 11.4. The molecule has 1 atom stereocenters. The molecule has 1 heterocycles. The zero-order valence-corrected chi connectivity index (χ0v) is 12.0. The van der Waals surface area contributed by atoms with Crippen LogP contribution in [0.1, 0.15) is 30.2 Å². The van der Waals surface area contributed by atoms with Gasteiger partial charge in [-0.3, -0.25) is 4.79 Å². The first kappa shape index (κ1) is 15.9. The molecule has 110 valence electrons. The van der Waals surface area contributed by atoms with E-state index in [1.165, 1.54) is 7.11 Å². The van der Waals surface area contributed by atoms with Crippen molar-refractivity contribution in [2.24, 2.45) is 11.8 Å². The smallest absolute Gasteiger partial charge is 0.376 e. The number of aliphatic carboxylic acids is 1. The highest BCUT2D eigenvalue weighted by molar-refractivity contribution is 5.85. The van der Waals surface area contributed by atoms with Crippen LogP contribution in [0.4, 0.5) is 5.82 Å². The predicted molar refractivity (Wildman–Crippen MR) is 72.6 cm³/mol. The molecular weight excluding hydrogens is 262 g/mol. The summed E-state index contributed by atoms with van der Waals surface area (Å²) in [5.41, 5.74) is 0.597. The number of carbonyl (C=O) groups excluding carboxylic acids is 1. The number of esters is 1. The number of carboxylic acids is 1. The highest BCUT2D eigenvalue weighted by Crippen LogP contribution is 2.13. The van der Waals surface area contributed by atoms with Crippen LogP contribution in [0.25, 0.3) is 0 Å². The Morgan fingerprint density at radius 1 is 1.40 bits per heavy atom. The number of aromatic nitrogens is 2. The minimum Gasteiger partial charge on any atom is -0.481 e. The number of ether oxygens (including phenoxy) is 1. The van der Waals surface area contributed by atoms with E-state index in [9.17, 15) is 9.59 Å². The fourth-order valence-corrected chi connectivity index (χ4v) is 1.66. The van der Waals surface area contributed by atoms with Crippen molar-refractivity contribution in [3.05, 3.63) is 17.6 Å². The van der Waals surface area contributed by atoms with Gasteiger partial charge >= 0.3 is 11.9 Å². The quantitative estimate of drug-likeness (QED) is 0.758. The van der Waals surface area contributed by atoms with E-state index in [1.807, 2.05) is 13.8 Å². The molecule has 0 amide bonds. The van der Waals surface area contributed by atoms with Crippen molar-refractivity contribution in [1.82, 2.24) is 9.97 Å². The molecule has 0 saturated heterocycles. The molecule has 0 aliphatic heterocycles. The van der Waals surface area contributed by atoms with Crippen LogP contribution >= 0.6 is 0 Å². The highest BCUT2D eigenvalue weighted by Gasteiger charge is 2.21. The summed E-state index contributed by atoms with van der Waals surface area (Å²) in [5.74, 6) is -1.69. The predicted octanol–water partition coefficient (Wildman–Crippen LogP) is 1.34. The van der Waals surface area contributed by atoms with Gasteiger partial charge in [0.25, 0.3) is 0 Å². The second-order valence-electron chi connectivity index (χ2n) is 4.78. The van der Waals surface area contributed by atoms with Crippen molar-refractivity contribution in [3.8, 4) is 0 Å². The van der Waals surface area contributed by atoms with Crippen molar-refractivity contribution in [2.75, 3.05) is 19.0 Å². The van der Waals surface area contributed by atoms with Gasteiger partial charge in [-0.1, -0.05) is 13.8 Å². The van der Waals surface area contributed by atoms with Crippen LogP contribution in [-0.4, -0.2) is 40.7 Å². The number of methoxy groups -OCH3 is 1. The molecule has 7 nitrogen and oxygen atoms in total. The first-order valence-electron chi connectivity index (χ1n) is 6.25. The summed E-state index contributed by atoms with van der Waals surface area (Å²) in [4.78, 5) is 30.5. The van der Waals surface area contributed by atoms with Gasteiger partial charge in [0.1, 0.15) is 5.82 Å². The standard InChI is InChI=1S/C13H19N3O4/c1-7(2)9(12(17)18)6-14-10-5-8(3)15-11(16-10)13(19)20-4/h5,7,9H,6H2,1-4H3,(H,17,18)(H,14,15,16). The molecule has 2 N–H and O–H groups in total. The third-order valence-corrected chi connectivity index (χ3v) is 2.85. The van der Waals surface area contributed by atoms with Gasteiger partial charge in [-0.2, -0.15) is 0 Å². The van der Waals surface area contributed by atoms with E-state index in [4.69, 9.17) is 5.11 Å². The molecule has 0 aliphatic carbocycles. The maximum Gasteiger partial charge on any atom is 0.376 e. The molecule has 0 fully saturated rings. The van der Waals surface area contributed by atoms with Gasteiger partial charge < -0.3 is 15.2 Å². The monoisotopic (exact) mass is 281 g/mol. The fourth-order valence-electron chi connectivity index (χ4n) is 1.66. The molecule has 20 heavy (non-hydrogen) atoms. The van der Waals surface area contributed by atoms with E-state index < -0.39 is 17.9 Å².